The molecule has 0 amide bonds. The molecule has 0 atom stereocenters. The van der Waals surface area contributed by atoms with E-state index >= 15 is 0 Å². The normalized spacial score (nSPS) is 11.8. The zero-order valence-corrected chi connectivity index (χ0v) is 12.5. The second-order valence-corrected chi connectivity index (χ2v) is 6.33. The molecule has 0 saturated heterocycles. The Labute approximate surface area is 123 Å². The fourth-order valence-electron chi connectivity index (χ4n) is 1.69. The molecule has 0 bridgehead atoms. The SMILES string of the molecule is Cc1ccc(S(=O)(=O)N/N=C/c2cc(F)ccc2C)cc1. The molecule has 2 aromatic carbocycles. The number of nitrogens with zero attached hydrogens (tertiary/aromatic N) is 1. The predicted octanol–water partition coefficient (Wildman–Crippen LogP) is 2.75. The molecule has 0 unspecified atom stereocenters. The summed E-state index contributed by atoms with van der Waals surface area (Å²) in [7, 11) is -3.71. The fraction of sp³-hybridized carbons (Fsp3) is 0.133. The Balaban J connectivity index is 2.16. The van der Waals surface area contributed by atoms with Crippen molar-refractivity contribution in [3.05, 3.63) is 65.0 Å². The molecule has 1 N–H and O–H groups in total. The van der Waals surface area contributed by atoms with E-state index in [1.807, 2.05) is 6.92 Å². The second kappa shape index (κ2) is 6.05. The lowest BCUT2D eigenvalue weighted by Gasteiger charge is -2.04. The number of hydrogen-bond acceptors (Lipinski definition) is 3. The molecule has 0 aliphatic heterocycles. The van der Waals surface area contributed by atoms with Crippen LogP contribution in [0.3, 0.4) is 0 Å². The van der Waals surface area contributed by atoms with Crippen LogP contribution in [0, 0.1) is 19.7 Å². The third kappa shape index (κ3) is 3.88. The van der Waals surface area contributed by atoms with Crippen LogP contribution in [0.4, 0.5) is 4.39 Å². The molecule has 2 aromatic rings. The number of hydrazone groups is 1. The van der Waals surface area contributed by atoms with E-state index in [0.717, 1.165) is 11.1 Å². The fourth-order valence-corrected chi connectivity index (χ4v) is 2.48. The summed E-state index contributed by atoms with van der Waals surface area (Å²) in [6.45, 7) is 3.66. The van der Waals surface area contributed by atoms with Crippen molar-refractivity contribution in [2.45, 2.75) is 18.7 Å². The monoisotopic (exact) mass is 306 g/mol. The molecule has 21 heavy (non-hydrogen) atoms. The molecule has 0 aliphatic rings. The van der Waals surface area contributed by atoms with E-state index in [2.05, 4.69) is 9.93 Å². The molecular formula is C15H15FN2O2S. The molecule has 0 aliphatic carbocycles. The largest absolute Gasteiger partial charge is 0.276 e. The maximum absolute atomic E-state index is 13.1. The summed E-state index contributed by atoms with van der Waals surface area (Å²) in [5, 5.41) is 3.68. The van der Waals surface area contributed by atoms with Crippen LogP contribution in [0.2, 0.25) is 0 Å². The molecule has 110 valence electrons. The maximum atomic E-state index is 13.1. The van der Waals surface area contributed by atoms with Gasteiger partial charge < -0.3 is 0 Å². The molecule has 0 radical (unpaired) electrons. The second-order valence-electron chi connectivity index (χ2n) is 4.67. The Morgan fingerprint density at radius 3 is 2.43 bits per heavy atom. The number of nitrogens with one attached hydrogen (secondary N) is 1. The van der Waals surface area contributed by atoms with E-state index in [4.69, 9.17) is 0 Å². The first-order chi connectivity index (χ1) is 9.88. The van der Waals surface area contributed by atoms with Gasteiger partial charge in [0, 0.05) is 5.56 Å². The highest BCUT2D eigenvalue weighted by atomic mass is 32.2. The van der Waals surface area contributed by atoms with Gasteiger partial charge in [0.2, 0.25) is 0 Å². The van der Waals surface area contributed by atoms with Crippen LogP contribution in [0.15, 0.2) is 52.5 Å². The van der Waals surface area contributed by atoms with Crippen molar-refractivity contribution >= 4 is 16.2 Å². The van der Waals surface area contributed by atoms with Gasteiger partial charge in [0.05, 0.1) is 11.1 Å². The highest BCUT2D eigenvalue weighted by Gasteiger charge is 2.11. The van der Waals surface area contributed by atoms with Crippen LogP contribution in [-0.2, 0) is 10.0 Å². The summed E-state index contributed by atoms with van der Waals surface area (Å²) < 4.78 is 37.1. The maximum Gasteiger partial charge on any atom is 0.276 e. The molecule has 0 fully saturated rings. The molecular weight excluding hydrogens is 291 g/mol. The van der Waals surface area contributed by atoms with Crippen LogP contribution in [0.1, 0.15) is 16.7 Å². The van der Waals surface area contributed by atoms with Gasteiger partial charge in [0.15, 0.2) is 0 Å². The quantitative estimate of drug-likeness (QED) is 0.697. The lowest BCUT2D eigenvalue weighted by Crippen LogP contribution is -2.18. The Morgan fingerprint density at radius 1 is 1.10 bits per heavy atom. The van der Waals surface area contributed by atoms with E-state index < -0.39 is 15.8 Å². The van der Waals surface area contributed by atoms with E-state index in [9.17, 15) is 12.8 Å². The van der Waals surface area contributed by atoms with Gasteiger partial charge in [-0.15, -0.1) is 0 Å². The predicted molar refractivity (Wildman–Crippen MR) is 80.2 cm³/mol. The van der Waals surface area contributed by atoms with Crippen molar-refractivity contribution in [1.29, 1.82) is 0 Å². The minimum absolute atomic E-state index is 0.126. The first kappa shape index (κ1) is 15.2. The summed E-state index contributed by atoms with van der Waals surface area (Å²) in [5.74, 6) is -0.400. The van der Waals surface area contributed by atoms with E-state index in [1.54, 1.807) is 25.1 Å². The van der Waals surface area contributed by atoms with E-state index in [-0.39, 0.29) is 4.90 Å². The van der Waals surface area contributed by atoms with E-state index in [0.29, 0.717) is 5.56 Å². The van der Waals surface area contributed by atoms with Crippen LogP contribution in [0.5, 0.6) is 0 Å². The molecule has 0 spiro atoms. The first-order valence-electron chi connectivity index (χ1n) is 6.26. The summed E-state index contributed by atoms with van der Waals surface area (Å²) in [5.41, 5.74) is 2.28. The highest BCUT2D eigenvalue weighted by molar-refractivity contribution is 7.89. The summed E-state index contributed by atoms with van der Waals surface area (Å²) in [6.07, 6.45) is 1.28. The lowest BCUT2D eigenvalue weighted by atomic mass is 10.1. The molecule has 6 heteroatoms. The Kier molecular flexibility index (Phi) is 4.37. The lowest BCUT2D eigenvalue weighted by molar-refractivity contribution is 0.584. The third-order valence-electron chi connectivity index (χ3n) is 2.95. The Hall–Kier alpha value is -2.21. The average Bonchev–Trinajstić information content (AvgIpc) is 2.43. The van der Waals surface area contributed by atoms with Gasteiger partial charge in [-0.05, 0) is 43.7 Å². The third-order valence-corrected chi connectivity index (χ3v) is 4.19. The van der Waals surface area contributed by atoms with Gasteiger partial charge in [-0.1, -0.05) is 23.8 Å². The molecule has 2 rings (SSSR count). The zero-order chi connectivity index (χ0) is 15.5. The minimum Gasteiger partial charge on any atom is -0.207 e. The standard InChI is InChI=1S/C15H15FN2O2S/c1-11-3-7-15(8-4-11)21(19,20)18-17-10-13-9-14(16)6-5-12(13)2/h3-10,18H,1-2H3/b17-10+. The molecule has 0 heterocycles. The van der Waals surface area contributed by atoms with Crippen LogP contribution >= 0.6 is 0 Å². The van der Waals surface area contributed by atoms with Crippen molar-refractivity contribution in [1.82, 2.24) is 4.83 Å². The molecule has 4 nitrogen and oxygen atoms in total. The van der Waals surface area contributed by atoms with Crippen LogP contribution in [-0.4, -0.2) is 14.6 Å². The van der Waals surface area contributed by atoms with Gasteiger partial charge in [-0.2, -0.15) is 13.5 Å². The van der Waals surface area contributed by atoms with Gasteiger partial charge in [0.1, 0.15) is 5.82 Å². The van der Waals surface area contributed by atoms with Crippen molar-refractivity contribution in [2.75, 3.05) is 0 Å². The van der Waals surface area contributed by atoms with Crippen molar-refractivity contribution in [3.63, 3.8) is 0 Å². The van der Waals surface area contributed by atoms with Crippen LogP contribution < -0.4 is 4.83 Å². The number of hydrogen-bond donors (Lipinski definition) is 1. The number of rotatable bonds is 4. The first-order valence-corrected chi connectivity index (χ1v) is 7.74. The topological polar surface area (TPSA) is 58.5 Å². The minimum atomic E-state index is -3.71. The Morgan fingerprint density at radius 2 is 1.76 bits per heavy atom. The van der Waals surface area contributed by atoms with Gasteiger partial charge in [0.25, 0.3) is 10.0 Å². The number of aryl methyl sites for hydroxylation is 2. The van der Waals surface area contributed by atoms with Gasteiger partial charge >= 0.3 is 0 Å². The molecule has 0 aromatic heterocycles. The summed E-state index contributed by atoms with van der Waals surface area (Å²) >= 11 is 0. The highest BCUT2D eigenvalue weighted by Crippen LogP contribution is 2.10. The molecule has 0 saturated carbocycles. The number of halogens is 1. The summed E-state index contributed by atoms with van der Waals surface area (Å²) in [6, 6.07) is 10.6. The van der Waals surface area contributed by atoms with Crippen molar-refractivity contribution in [2.24, 2.45) is 5.10 Å². The average molecular weight is 306 g/mol. The van der Waals surface area contributed by atoms with E-state index in [1.165, 1.54) is 30.5 Å². The number of sulfonamides is 1. The van der Waals surface area contributed by atoms with Crippen LogP contribution in [0.25, 0.3) is 0 Å². The smallest absolute Gasteiger partial charge is 0.207 e. The van der Waals surface area contributed by atoms with Gasteiger partial charge in [-0.25, -0.2) is 9.22 Å². The van der Waals surface area contributed by atoms with Crippen molar-refractivity contribution < 1.29 is 12.8 Å². The Bertz CT molecular complexity index is 769. The zero-order valence-electron chi connectivity index (χ0n) is 11.7. The summed E-state index contributed by atoms with van der Waals surface area (Å²) in [4.78, 5) is 2.24. The van der Waals surface area contributed by atoms with Crippen molar-refractivity contribution in [3.8, 4) is 0 Å². The number of benzene rings is 2. The van der Waals surface area contributed by atoms with Gasteiger partial charge in [-0.3, -0.25) is 0 Å².